The van der Waals surface area contributed by atoms with Crippen LogP contribution >= 0.6 is 0 Å². The molecule has 0 radical (unpaired) electrons. The number of aromatic nitrogens is 2. The van der Waals surface area contributed by atoms with Gasteiger partial charge in [-0.15, -0.1) is 0 Å². The summed E-state index contributed by atoms with van der Waals surface area (Å²) in [6, 6.07) is 1.97. The summed E-state index contributed by atoms with van der Waals surface area (Å²) in [6.45, 7) is 0.837. The Kier molecular flexibility index (Phi) is 2.46. The quantitative estimate of drug-likeness (QED) is 0.757. The maximum absolute atomic E-state index is 6.22. The molecule has 1 aromatic rings. The first-order chi connectivity index (χ1) is 6.68. The van der Waals surface area contributed by atoms with E-state index in [1.54, 1.807) is 4.68 Å². The lowest BCUT2D eigenvalue weighted by molar-refractivity contribution is 0.463. The van der Waals surface area contributed by atoms with Gasteiger partial charge in [-0.3, -0.25) is 4.68 Å². The summed E-state index contributed by atoms with van der Waals surface area (Å²) in [6.07, 6.45) is 6.72. The van der Waals surface area contributed by atoms with Gasteiger partial charge < -0.3 is 11.1 Å². The lowest BCUT2D eigenvalue weighted by Crippen LogP contribution is -2.43. The Hall–Kier alpha value is -1.03. The standard InChI is InChI=1S/C10H18N4/c1-14-7-4-9(13-14)12-8-10(11)5-2-3-6-10/h4,7H,2-3,5-6,8,11H2,1H3,(H,12,13). The SMILES string of the molecule is Cn1ccc(NCC2(N)CCCC2)n1. The summed E-state index contributed by atoms with van der Waals surface area (Å²) in [5.41, 5.74) is 6.21. The highest BCUT2D eigenvalue weighted by molar-refractivity contribution is 5.32. The third-order valence-electron chi connectivity index (χ3n) is 2.93. The van der Waals surface area contributed by atoms with Gasteiger partial charge in [0.25, 0.3) is 0 Å². The molecule has 78 valence electrons. The van der Waals surface area contributed by atoms with E-state index in [0.717, 1.165) is 25.2 Å². The van der Waals surface area contributed by atoms with E-state index in [0.29, 0.717) is 0 Å². The van der Waals surface area contributed by atoms with Crippen molar-refractivity contribution in [2.45, 2.75) is 31.2 Å². The van der Waals surface area contributed by atoms with Crippen molar-refractivity contribution in [2.75, 3.05) is 11.9 Å². The number of hydrogen-bond acceptors (Lipinski definition) is 3. The highest BCUT2D eigenvalue weighted by Crippen LogP contribution is 2.27. The predicted molar refractivity (Wildman–Crippen MR) is 57.1 cm³/mol. The van der Waals surface area contributed by atoms with Gasteiger partial charge in [0.15, 0.2) is 0 Å². The molecule has 1 aliphatic carbocycles. The van der Waals surface area contributed by atoms with Crippen molar-refractivity contribution < 1.29 is 0 Å². The fraction of sp³-hybridized carbons (Fsp3) is 0.700. The number of nitrogens with zero attached hydrogens (tertiary/aromatic N) is 2. The first-order valence-electron chi connectivity index (χ1n) is 5.20. The molecule has 0 aliphatic heterocycles. The highest BCUT2D eigenvalue weighted by atomic mass is 15.3. The molecule has 3 N–H and O–H groups in total. The average Bonchev–Trinajstić information content (AvgIpc) is 2.73. The van der Waals surface area contributed by atoms with Crippen LogP contribution in [0.25, 0.3) is 0 Å². The van der Waals surface area contributed by atoms with E-state index in [-0.39, 0.29) is 5.54 Å². The fourth-order valence-electron chi connectivity index (χ4n) is 2.03. The van der Waals surface area contributed by atoms with Crippen molar-refractivity contribution in [2.24, 2.45) is 12.8 Å². The lowest BCUT2D eigenvalue weighted by Gasteiger charge is -2.23. The zero-order valence-electron chi connectivity index (χ0n) is 8.66. The molecule has 1 aromatic heterocycles. The number of hydrogen-bond donors (Lipinski definition) is 2. The maximum Gasteiger partial charge on any atom is 0.148 e. The molecule has 1 heterocycles. The van der Waals surface area contributed by atoms with E-state index in [9.17, 15) is 0 Å². The average molecular weight is 194 g/mol. The monoisotopic (exact) mass is 194 g/mol. The van der Waals surface area contributed by atoms with Gasteiger partial charge in [-0.25, -0.2) is 0 Å². The third kappa shape index (κ3) is 2.07. The molecule has 14 heavy (non-hydrogen) atoms. The Morgan fingerprint density at radius 1 is 1.57 bits per heavy atom. The second kappa shape index (κ2) is 3.61. The Morgan fingerprint density at radius 3 is 2.86 bits per heavy atom. The van der Waals surface area contributed by atoms with Gasteiger partial charge >= 0.3 is 0 Å². The van der Waals surface area contributed by atoms with Crippen LogP contribution < -0.4 is 11.1 Å². The van der Waals surface area contributed by atoms with Crippen LogP contribution in [0.2, 0.25) is 0 Å². The van der Waals surface area contributed by atoms with Crippen LogP contribution in [-0.4, -0.2) is 21.9 Å². The van der Waals surface area contributed by atoms with Crippen LogP contribution in [0, 0.1) is 0 Å². The third-order valence-corrected chi connectivity index (χ3v) is 2.93. The van der Waals surface area contributed by atoms with Crippen molar-refractivity contribution >= 4 is 5.82 Å². The molecule has 1 aliphatic rings. The lowest BCUT2D eigenvalue weighted by atomic mass is 9.99. The number of nitrogens with two attached hydrogens (primary N) is 1. The minimum Gasteiger partial charge on any atom is -0.367 e. The van der Waals surface area contributed by atoms with Gasteiger partial charge in [-0.2, -0.15) is 5.10 Å². The summed E-state index contributed by atoms with van der Waals surface area (Å²) < 4.78 is 1.79. The topological polar surface area (TPSA) is 55.9 Å². The Bertz CT molecular complexity index is 299. The van der Waals surface area contributed by atoms with Gasteiger partial charge in [0.2, 0.25) is 0 Å². The van der Waals surface area contributed by atoms with Gasteiger partial charge in [-0.1, -0.05) is 12.8 Å². The van der Waals surface area contributed by atoms with E-state index in [2.05, 4.69) is 10.4 Å². The zero-order chi connectivity index (χ0) is 10.0. The molecule has 1 fully saturated rings. The molecule has 0 unspecified atom stereocenters. The Morgan fingerprint density at radius 2 is 2.29 bits per heavy atom. The molecule has 0 atom stereocenters. The van der Waals surface area contributed by atoms with Crippen molar-refractivity contribution in [3.63, 3.8) is 0 Å². The van der Waals surface area contributed by atoms with E-state index in [1.165, 1.54) is 12.8 Å². The molecule has 0 spiro atoms. The number of anilines is 1. The molecule has 4 heteroatoms. The first-order valence-corrected chi connectivity index (χ1v) is 5.20. The summed E-state index contributed by atoms with van der Waals surface area (Å²) in [5, 5.41) is 7.54. The molecular formula is C10H18N4. The molecular weight excluding hydrogens is 176 g/mol. The summed E-state index contributed by atoms with van der Waals surface area (Å²) >= 11 is 0. The summed E-state index contributed by atoms with van der Waals surface area (Å²) in [5.74, 6) is 0.921. The first kappa shape index (κ1) is 9.52. The molecule has 0 bridgehead atoms. The van der Waals surface area contributed by atoms with E-state index >= 15 is 0 Å². The molecule has 1 saturated carbocycles. The van der Waals surface area contributed by atoms with Gasteiger partial charge in [0.1, 0.15) is 5.82 Å². The number of aryl methyl sites for hydroxylation is 1. The molecule has 0 amide bonds. The smallest absolute Gasteiger partial charge is 0.148 e. The summed E-state index contributed by atoms with van der Waals surface area (Å²) in [4.78, 5) is 0. The van der Waals surface area contributed by atoms with E-state index in [4.69, 9.17) is 5.73 Å². The minimum atomic E-state index is -0.00246. The van der Waals surface area contributed by atoms with Crippen LogP contribution in [-0.2, 0) is 7.05 Å². The van der Waals surface area contributed by atoms with Crippen LogP contribution in [0.15, 0.2) is 12.3 Å². The van der Waals surface area contributed by atoms with Gasteiger partial charge in [-0.05, 0) is 12.8 Å². The number of nitrogens with one attached hydrogen (secondary N) is 1. The summed E-state index contributed by atoms with van der Waals surface area (Å²) in [7, 11) is 1.92. The van der Waals surface area contributed by atoms with Crippen molar-refractivity contribution in [1.29, 1.82) is 0 Å². The number of rotatable bonds is 3. The van der Waals surface area contributed by atoms with Crippen molar-refractivity contribution in [3.8, 4) is 0 Å². The zero-order valence-corrected chi connectivity index (χ0v) is 8.66. The van der Waals surface area contributed by atoms with Crippen LogP contribution in [0.1, 0.15) is 25.7 Å². The van der Waals surface area contributed by atoms with Crippen LogP contribution in [0.5, 0.6) is 0 Å². The minimum absolute atomic E-state index is 0.00246. The largest absolute Gasteiger partial charge is 0.367 e. The maximum atomic E-state index is 6.22. The van der Waals surface area contributed by atoms with Gasteiger partial charge in [0, 0.05) is 31.4 Å². The van der Waals surface area contributed by atoms with Crippen molar-refractivity contribution in [1.82, 2.24) is 9.78 Å². The molecule has 4 nitrogen and oxygen atoms in total. The second-order valence-electron chi connectivity index (χ2n) is 4.30. The molecule has 2 rings (SSSR count). The van der Waals surface area contributed by atoms with E-state index < -0.39 is 0 Å². The highest BCUT2D eigenvalue weighted by Gasteiger charge is 2.28. The van der Waals surface area contributed by atoms with Crippen molar-refractivity contribution in [3.05, 3.63) is 12.3 Å². The normalized spacial score (nSPS) is 19.9. The second-order valence-corrected chi connectivity index (χ2v) is 4.30. The van der Waals surface area contributed by atoms with Crippen LogP contribution in [0.3, 0.4) is 0 Å². The Balaban J connectivity index is 1.87. The molecule has 0 aromatic carbocycles. The Labute approximate surface area is 84.5 Å². The molecule has 0 saturated heterocycles. The van der Waals surface area contributed by atoms with Crippen LogP contribution in [0.4, 0.5) is 5.82 Å². The fourth-order valence-corrected chi connectivity index (χ4v) is 2.03. The van der Waals surface area contributed by atoms with Gasteiger partial charge in [0.05, 0.1) is 0 Å². The predicted octanol–water partition coefficient (Wildman–Crippen LogP) is 1.10. The van der Waals surface area contributed by atoms with E-state index in [1.807, 2.05) is 19.3 Å².